The summed E-state index contributed by atoms with van der Waals surface area (Å²) in [5.41, 5.74) is 0.508. The number of nitrogens with two attached hydrogens (primary N) is 1. The second-order valence-corrected chi connectivity index (χ2v) is 5.26. The van der Waals surface area contributed by atoms with Crippen LogP contribution >= 0.6 is 0 Å². The van der Waals surface area contributed by atoms with Gasteiger partial charge >= 0.3 is 0 Å². The van der Waals surface area contributed by atoms with E-state index < -0.39 is 10.0 Å². The van der Waals surface area contributed by atoms with Gasteiger partial charge in [0.15, 0.2) is 0 Å². The van der Waals surface area contributed by atoms with Gasteiger partial charge in [0.2, 0.25) is 15.9 Å². The van der Waals surface area contributed by atoms with E-state index in [4.69, 9.17) is 5.14 Å². The number of nitrogens with one attached hydrogen (secondary N) is 1. The second-order valence-electron chi connectivity index (χ2n) is 3.70. The van der Waals surface area contributed by atoms with Crippen LogP contribution in [-0.4, -0.2) is 14.3 Å². The van der Waals surface area contributed by atoms with Crippen molar-refractivity contribution in [1.29, 1.82) is 0 Å². The lowest BCUT2D eigenvalue weighted by atomic mass is 10.1. The zero-order valence-electron chi connectivity index (χ0n) is 9.33. The number of primary sulfonamides is 1. The highest BCUT2D eigenvalue weighted by Crippen LogP contribution is 2.24. The Morgan fingerprint density at radius 3 is 2.11 bits per heavy atom. The molecule has 1 fully saturated rings. The van der Waals surface area contributed by atoms with Crippen LogP contribution in [0.2, 0.25) is 0 Å². The summed E-state index contributed by atoms with van der Waals surface area (Å²) in [6.45, 7) is 0. The summed E-state index contributed by atoms with van der Waals surface area (Å²) in [7, 11) is -3.70. The van der Waals surface area contributed by atoms with Crippen LogP contribution in [0.1, 0.15) is 0 Å². The summed E-state index contributed by atoms with van der Waals surface area (Å²) in [4.78, 5) is 11.7. The molecule has 1 aromatic rings. The molecule has 1 amide bonds. The molecule has 0 aliphatic heterocycles. The fraction of sp³-hybridized carbons (Fsp3) is 0. The van der Waals surface area contributed by atoms with Gasteiger partial charge < -0.3 is 5.32 Å². The van der Waals surface area contributed by atoms with Gasteiger partial charge in [-0.25, -0.2) is 13.6 Å². The van der Waals surface area contributed by atoms with Crippen molar-refractivity contribution in [1.82, 2.24) is 0 Å². The van der Waals surface area contributed by atoms with Gasteiger partial charge in [-0.1, -0.05) is 0 Å². The Morgan fingerprint density at radius 1 is 1.06 bits per heavy atom. The average Bonchev–Trinajstić information content (AvgIpc) is 2.82. The van der Waals surface area contributed by atoms with Crippen LogP contribution in [0, 0.1) is 31.6 Å². The maximum Gasteiger partial charge on any atom is 0.238 e. The van der Waals surface area contributed by atoms with Crippen LogP contribution in [0.3, 0.4) is 0 Å². The Labute approximate surface area is 106 Å². The fourth-order valence-electron chi connectivity index (χ4n) is 1.46. The maximum atomic E-state index is 11.7. The third-order valence-corrected chi connectivity index (χ3v) is 3.29. The van der Waals surface area contributed by atoms with Crippen LogP contribution in [0.25, 0.3) is 0 Å². The minimum Gasteiger partial charge on any atom is -0.326 e. The molecule has 93 valence electrons. The summed E-state index contributed by atoms with van der Waals surface area (Å²) in [5.74, 6) is 0.300. The topological polar surface area (TPSA) is 89.3 Å². The first-order chi connectivity index (χ1) is 8.47. The number of sulfonamides is 1. The summed E-state index contributed by atoms with van der Waals surface area (Å²) >= 11 is 0. The highest BCUT2D eigenvalue weighted by Gasteiger charge is 2.24. The minimum absolute atomic E-state index is 0.00816. The largest absolute Gasteiger partial charge is 0.326 e. The van der Waals surface area contributed by atoms with Gasteiger partial charge in [0.05, 0.1) is 10.8 Å². The van der Waals surface area contributed by atoms with Crippen molar-refractivity contribution >= 4 is 21.6 Å². The van der Waals surface area contributed by atoms with Gasteiger partial charge in [-0.05, 0) is 49.9 Å². The quantitative estimate of drug-likeness (QED) is 0.840. The van der Waals surface area contributed by atoms with Gasteiger partial charge in [0, 0.05) is 5.69 Å². The predicted octanol–water partition coefficient (Wildman–Crippen LogP) is 0.678. The first kappa shape index (κ1) is 13.0. The third kappa shape index (κ3) is 3.08. The molecule has 2 rings (SSSR count). The monoisotopic (exact) mass is 263 g/mol. The van der Waals surface area contributed by atoms with E-state index in [9.17, 15) is 13.2 Å². The van der Waals surface area contributed by atoms with Crippen LogP contribution in [0.15, 0.2) is 29.2 Å². The number of carbonyl (C=O) groups excluding carboxylic acids is 1. The summed E-state index contributed by atoms with van der Waals surface area (Å²) < 4.78 is 22.1. The Hall–Kier alpha value is -1.40. The van der Waals surface area contributed by atoms with Crippen LogP contribution < -0.4 is 10.5 Å². The second kappa shape index (κ2) is 5.07. The minimum atomic E-state index is -3.70. The highest BCUT2D eigenvalue weighted by atomic mass is 32.2. The SMILES string of the molecule is NS(=O)(=O)c1ccc(NC(=O)[C]2[CH][CH][CH][CH]2)cc1. The molecule has 1 aliphatic rings. The van der Waals surface area contributed by atoms with Crippen molar-refractivity contribution in [3.63, 3.8) is 0 Å². The molecule has 0 bridgehead atoms. The van der Waals surface area contributed by atoms with E-state index in [1.807, 2.05) is 0 Å². The average molecular weight is 263 g/mol. The molecule has 18 heavy (non-hydrogen) atoms. The number of hydrogen-bond acceptors (Lipinski definition) is 3. The number of hydrogen-bond donors (Lipinski definition) is 2. The molecule has 5 nitrogen and oxygen atoms in total. The summed E-state index contributed by atoms with van der Waals surface area (Å²) in [5, 5.41) is 7.62. The Bertz CT molecular complexity index is 531. The van der Waals surface area contributed by atoms with E-state index in [0.29, 0.717) is 11.6 Å². The molecule has 0 unspecified atom stereocenters. The molecule has 1 aromatic carbocycles. The Balaban J connectivity index is 2.04. The molecule has 0 atom stereocenters. The molecule has 3 N–H and O–H groups in total. The molecule has 0 saturated heterocycles. The molecule has 6 heteroatoms. The van der Waals surface area contributed by atoms with E-state index in [0.717, 1.165) is 0 Å². The van der Waals surface area contributed by atoms with Crippen molar-refractivity contribution in [2.45, 2.75) is 4.90 Å². The summed E-state index contributed by atoms with van der Waals surface area (Å²) in [6, 6.07) is 5.66. The van der Waals surface area contributed by atoms with E-state index in [1.54, 1.807) is 25.7 Å². The maximum absolute atomic E-state index is 11.7. The number of benzene rings is 1. The number of rotatable bonds is 3. The standard InChI is InChI=1S/C12H11N2O3S/c13-18(16,17)11-7-5-10(6-8-11)14-12(15)9-3-1-2-4-9/h1-8H,(H,14,15)(H2,13,16,17). The van der Waals surface area contributed by atoms with Crippen LogP contribution in [-0.2, 0) is 14.8 Å². The fourth-order valence-corrected chi connectivity index (χ4v) is 1.97. The number of carbonyl (C=O) groups is 1. The van der Waals surface area contributed by atoms with Gasteiger partial charge in [0.25, 0.3) is 0 Å². The third-order valence-electron chi connectivity index (χ3n) is 2.37. The van der Waals surface area contributed by atoms with Crippen molar-refractivity contribution in [3.05, 3.63) is 55.9 Å². The van der Waals surface area contributed by atoms with E-state index in [1.165, 1.54) is 24.3 Å². The van der Waals surface area contributed by atoms with Crippen LogP contribution in [0.5, 0.6) is 0 Å². The zero-order chi connectivity index (χ0) is 13.2. The Morgan fingerprint density at radius 2 is 1.61 bits per heavy atom. The van der Waals surface area contributed by atoms with Gasteiger partial charge in [-0.2, -0.15) is 0 Å². The molecular formula is C12H11N2O3S. The predicted molar refractivity (Wildman–Crippen MR) is 66.9 cm³/mol. The lowest BCUT2D eigenvalue weighted by Crippen LogP contribution is -2.19. The van der Waals surface area contributed by atoms with Crippen LogP contribution in [0.4, 0.5) is 5.69 Å². The number of amides is 1. The van der Waals surface area contributed by atoms with Crippen molar-refractivity contribution in [3.8, 4) is 0 Å². The number of anilines is 1. The van der Waals surface area contributed by atoms with E-state index in [-0.39, 0.29) is 10.8 Å². The molecule has 1 aliphatic carbocycles. The van der Waals surface area contributed by atoms with Crippen molar-refractivity contribution in [2.24, 2.45) is 5.14 Å². The molecule has 0 aromatic heterocycles. The smallest absolute Gasteiger partial charge is 0.238 e. The Kier molecular flexibility index (Phi) is 3.68. The van der Waals surface area contributed by atoms with Crippen molar-refractivity contribution < 1.29 is 13.2 Å². The lowest BCUT2D eigenvalue weighted by Gasteiger charge is -2.09. The zero-order valence-corrected chi connectivity index (χ0v) is 10.1. The molecular weight excluding hydrogens is 252 g/mol. The van der Waals surface area contributed by atoms with E-state index in [2.05, 4.69) is 5.32 Å². The van der Waals surface area contributed by atoms with E-state index >= 15 is 0 Å². The first-order valence-corrected chi connectivity index (χ1v) is 6.67. The van der Waals surface area contributed by atoms with Gasteiger partial charge in [0.1, 0.15) is 0 Å². The highest BCUT2D eigenvalue weighted by molar-refractivity contribution is 7.89. The lowest BCUT2D eigenvalue weighted by molar-refractivity contribution is -0.113. The normalized spacial score (nSPS) is 16.7. The molecule has 0 spiro atoms. The molecule has 5 radical (unpaired) electrons. The van der Waals surface area contributed by atoms with Crippen molar-refractivity contribution in [2.75, 3.05) is 5.32 Å². The summed E-state index contributed by atoms with van der Waals surface area (Å²) in [6.07, 6.45) is 6.90. The first-order valence-electron chi connectivity index (χ1n) is 5.13. The van der Waals surface area contributed by atoms with Gasteiger partial charge in [-0.15, -0.1) is 0 Å². The molecule has 1 saturated carbocycles. The van der Waals surface area contributed by atoms with Gasteiger partial charge in [-0.3, -0.25) is 4.79 Å². The molecule has 0 heterocycles.